The number of nitrogens with zero attached hydrogens (tertiary/aromatic N) is 2. The van der Waals surface area contributed by atoms with Gasteiger partial charge in [-0.2, -0.15) is 0 Å². The first kappa shape index (κ1) is 36.4. The Bertz CT molecular complexity index is 1620. The largest absolute Gasteiger partial charge is 0.444 e. The monoisotopic (exact) mass is 684 g/mol. The summed E-state index contributed by atoms with van der Waals surface area (Å²) in [7, 11) is 0. The van der Waals surface area contributed by atoms with Gasteiger partial charge in [-0.25, -0.2) is 9.59 Å². The molecule has 11 heteroatoms. The highest BCUT2D eigenvalue weighted by Gasteiger charge is 2.47. The second-order valence-corrected chi connectivity index (χ2v) is 14.1. The second kappa shape index (κ2) is 16.2. The van der Waals surface area contributed by atoms with E-state index in [2.05, 4.69) is 16.7 Å². The van der Waals surface area contributed by atoms with E-state index in [1.165, 1.54) is 0 Å². The van der Waals surface area contributed by atoms with Crippen molar-refractivity contribution in [2.45, 2.75) is 70.8 Å². The molecule has 4 amide bonds. The number of piperidine rings is 1. The van der Waals surface area contributed by atoms with Crippen molar-refractivity contribution in [3.05, 3.63) is 102 Å². The van der Waals surface area contributed by atoms with Gasteiger partial charge in [-0.3, -0.25) is 14.5 Å². The van der Waals surface area contributed by atoms with Gasteiger partial charge in [0.25, 0.3) is 0 Å². The van der Waals surface area contributed by atoms with E-state index < -0.39 is 29.7 Å². The van der Waals surface area contributed by atoms with Crippen LogP contribution in [0, 0.1) is 5.92 Å². The third kappa shape index (κ3) is 9.41. The summed E-state index contributed by atoms with van der Waals surface area (Å²) in [4.78, 5) is 56.3. The first-order valence-electron chi connectivity index (χ1n) is 17.2. The van der Waals surface area contributed by atoms with Crippen molar-refractivity contribution in [1.82, 2.24) is 15.5 Å². The molecule has 1 unspecified atom stereocenters. The fraction of sp³-hybridized carbons (Fsp3) is 0.436. The van der Waals surface area contributed by atoms with Gasteiger partial charge in [0.1, 0.15) is 18.2 Å². The lowest BCUT2D eigenvalue weighted by Crippen LogP contribution is -2.56. The van der Waals surface area contributed by atoms with Crippen LogP contribution in [0.15, 0.2) is 84.9 Å². The molecule has 2 aliphatic heterocycles. The van der Waals surface area contributed by atoms with Crippen LogP contribution in [0.5, 0.6) is 0 Å². The lowest BCUT2D eigenvalue weighted by atomic mass is 9.74. The van der Waals surface area contributed by atoms with Crippen molar-refractivity contribution in [3.8, 4) is 0 Å². The number of hydrogen-bond donors (Lipinski definition) is 2. The van der Waals surface area contributed by atoms with Crippen molar-refractivity contribution < 1.29 is 33.4 Å². The summed E-state index contributed by atoms with van der Waals surface area (Å²) in [6, 6.07) is 26.2. The van der Waals surface area contributed by atoms with Gasteiger partial charge in [-0.1, -0.05) is 85.8 Å². The standard InChI is InChI=1S/C39H48N4O7/c1-28(23-40-36(46)50-38(2,3)4)34(44)41-32(26-48-24-29-13-7-5-8-14-29)35(45)42-21-19-39(20-22-42)27-43(33-18-12-11-17-31(33)39)37(47)49-25-30-15-9-6-10-16-30/h5-18,28,32H,19-27H2,1-4H3,(H,40,46)(H,41,44)/t28?,32-/m1/s1. The second-order valence-electron chi connectivity index (χ2n) is 14.1. The van der Waals surface area contributed by atoms with Crippen LogP contribution in [0.1, 0.15) is 57.2 Å². The molecular weight excluding hydrogens is 636 g/mol. The molecule has 1 spiro atoms. The lowest BCUT2D eigenvalue weighted by Gasteiger charge is -2.41. The Balaban J connectivity index is 1.22. The van der Waals surface area contributed by atoms with E-state index in [0.717, 1.165) is 22.4 Å². The maximum Gasteiger partial charge on any atom is 0.414 e. The number of alkyl carbamates (subject to hydrolysis) is 1. The summed E-state index contributed by atoms with van der Waals surface area (Å²) in [6.45, 7) is 8.82. The molecule has 1 fully saturated rings. The van der Waals surface area contributed by atoms with E-state index >= 15 is 0 Å². The molecule has 50 heavy (non-hydrogen) atoms. The Labute approximate surface area is 294 Å². The van der Waals surface area contributed by atoms with E-state index in [-0.39, 0.29) is 43.6 Å². The maximum atomic E-state index is 14.0. The molecule has 0 aliphatic carbocycles. The smallest absolute Gasteiger partial charge is 0.414 e. The van der Waals surface area contributed by atoms with E-state index in [1.54, 1.807) is 37.5 Å². The Morgan fingerprint density at radius 2 is 1.44 bits per heavy atom. The average molecular weight is 685 g/mol. The number of nitrogens with one attached hydrogen (secondary N) is 2. The van der Waals surface area contributed by atoms with Crippen molar-refractivity contribution in [1.29, 1.82) is 0 Å². The molecule has 2 N–H and O–H groups in total. The van der Waals surface area contributed by atoms with Gasteiger partial charge in [0.2, 0.25) is 11.8 Å². The zero-order valence-corrected chi connectivity index (χ0v) is 29.4. The van der Waals surface area contributed by atoms with Gasteiger partial charge in [0.15, 0.2) is 0 Å². The van der Waals surface area contributed by atoms with E-state index in [4.69, 9.17) is 14.2 Å². The Kier molecular flexibility index (Phi) is 11.8. The van der Waals surface area contributed by atoms with Gasteiger partial charge in [-0.05, 0) is 56.4 Å². The van der Waals surface area contributed by atoms with Gasteiger partial charge in [0.05, 0.1) is 24.8 Å². The highest BCUT2D eigenvalue weighted by Crippen LogP contribution is 2.47. The van der Waals surface area contributed by atoms with Gasteiger partial charge < -0.3 is 29.7 Å². The summed E-state index contributed by atoms with van der Waals surface area (Å²) < 4.78 is 16.9. The molecule has 3 aromatic carbocycles. The zero-order chi connectivity index (χ0) is 35.7. The molecule has 2 atom stereocenters. The van der Waals surface area contributed by atoms with Crippen LogP contribution in [0.4, 0.5) is 15.3 Å². The summed E-state index contributed by atoms with van der Waals surface area (Å²) in [5.74, 6) is -1.25. The number of anilines is 1. The minimum atomic E-state index is -0.926. The molecule has 3 aromatic rings. The highest BCUT2D eigenvalue weighted by atomic mass is 16.6. The van der Waals surface area contributed by atoms with Crippen molar-refractivity contribution >= 4 is 29.7 Å². The molecule has 0 radical (unpaired) electrons. The van der Waals surface area contributed by atoms with Crippen molar-refractivity contribution in [3.63, 3.8) is 0 Å². The number of benzene rings is 3. The summed E-state index contributed by atoms with van der Waals surface area (Å²) in [5, 5.41) is 5.51. The molecule has 0 saturated carbocycles. The molecule has 11 nitrogen and oxygen atoms in total. The van der Waals surface area contributed by atoms with Gasteiger partial charge in [-0.15, -0.1) is 0 Å². The van der Waals surface area contributed by atoms with Crippen molar-refractivity contribution in [2.75, 3.05) is 37.7 Å². The SMILES string of the molecule is CC(CNC(=O)OC(C)(C)C)C(=O)N[C@H](COCc1ccccc1)C(=O)N1CCC2(CC1)CN(C(=O)OCc1ccccc1)c1ccccc12. The van der Waals surface area contributed by atoms with E-state index in [1.807, 2.05) is 78.9 Å². The number of ether oxygens (including phenoxy) is 3. The molecular formula is C39H48N4O7. The summed E-state index contributed by atoms with van der Waals surface area (Å²) in [6.07, 6.45) is 0.264. The average Bonchev–Trinajstić information content (AvgIpc) is 3.42. The number of para-hydroxylation sites is 1. The number of likely N-dealkylation sites (tertiary alicyclic amines) is 1. The number of hydrogen-bond acceptors (Lipinski definition) is 7. The topological polar surface area (TPSA) is 127 Å². The number of amides is 4. The molecule has 266 valence electrons. The maximum absolute atomic E-state index is 14.0. The molecule has 0 bridgehead atoms. The predicted molar refractivity (Wildman–Crippen MR) is 189 cm³/mol. The zero-order valence-electron chi connectivity index (χ0n) is 29.4. The fourth-order valence-corrected chi connectivity index (χ4v) is 6.39. The minimum absolute atomic E-state index is 0.0167. The molecule has 0 aromatic heterocycles. The van der Waals surface area contributed by atoms with E-state index in [9.17, 15) is 19.2 Å². The molecule has 2 heterocycles. The minimum Gasteiger partial charge on any atom is -0.444 e. The first-order chi connectivity index (χ1) is 23.9. The quantitative estimate of drug-likeness (QED) is 0.271. The Morgan fingerprint density at radius 1 is 0.840 bits per heavy atom. The molecule has 5 rings (SSSR count). The fourth-order valence-electron chi connectivity index (χ4n) is 6.39. The van der Waals surface area contributed by atoms with Crippen LogP contribution in [0.2, 0.25) is 0 Å². The number of carbonyl (C=O) groups is 4. The lowest BCUT2D eigenvalue weighted by molar-refractivity contribution is -0.140. The number of rotatable bonds is 11. The number of fused-ring (bicyclic) bond motifs is 2. The van der Waals surface area contributed by atoms with Crippen LogP contribution in [-0.4, -0.2) is 73.3 Å². The third-order valence-corrected chi connectivity index (χ3v) is 9.09. The van der Waals surface area contributed by atoms with E-state index in [0.29, 0.717) is 32.5 Å². The molecule has 1 saturated heterocycles. The first-order valence-corrected chi connectivity index (χ1v) is 17.2. The predicted octanol–water partition coefficient (Wildman–Crippen LogP) is 5.57. The molecule has 2 aliphatic rings. The van der Waals surface area contributed by atoms with Crippen LogP contribution in [-0.2, 0) is 42.4 Å². The van der Waals surface area contributed by atoms with Crippen LogP contribution in [0.3, 0.4) is 0 Å². The Hall–Kier alpha value is -4.90. The normalized spacial score (nSPS) is 16.2. The number of carbonyl (C=O) groups excluding carboxylic acids is 4. The van der Waals surface area contributed by atoms with Crippen LogP contribution < -0.4 is 15.5 Å². The van der Waals surface area contributed by atoms with Crippen LogP contribution >= 0.6 is 0 Å². The van der Waals surface area contributed by atoms with Gasteiger partial charge in [0, 0.05) is 31.6 Å². The summed E-state index contributed by atoms with van der Waals surface area (Å²) >= 11 is 0. The third-order valence-electron chi connectivity index (χ3n) is 9.09. The Morgan fingerprint density at radius 3 is 2.08 bits per heavy atom. The van der Waals surface area contributed by atoms with Gasteiger partial charge >= 0.3 is 12.2 Å². The van der Waals surface area contributed by atoms with Crippen LogP contribution in [0.25, 0.3) is 0 Å². The highest BCUT2D eigenvalue weighted by molar-refractivity contribution is 5.92. The summed E-state index contributed by atoms with van der Waals surface area (Å²) in [5.41, 5.74) is 2.78. The van der Waals surface area contributed by atoms with Crippen molar-refractivity contribution in [2.24, 2.45) is 5.92 Å².